The van der Waals surface area contributed by atoms with E-state index in [-0.39, 0.29) is 6.61 Å². The number of fused-ring (bicyclic) bond motifs is 2. The molecule has 1 N–H and O–H groups in total. The first-order chi connectivity index (χ1) is 6.40. The third-order valence-corrected chi connectivity index (χ3v) is 3.28. The Labute approximate surface area is 79.7 Å². The largest absolute Gasteiger partial charge is 0.394 e. The molecule has 2 rings (SSSR count). The van der Waals surface area contributed by atoms with Crippen molar-refractivity contribution in [3.63, 3.8) is 0 Å². The first kappa shape index (κ1) is 9.44. The highest BCUT2D eigenvalue weighted by molar-refractivity contribution is 4.91. The van der Waals surface area contributed by atoms with E-state index in [4.69, 9.17) is 9.84 Å². The van der Waals surface area contributed by atoms with Gasteiger partial charge in [-0.05, 0) is 25.2 Å². The number of piperidine rings is 1. The molecule has 1 heterocycles. The van der Waals surface area contributed by atoms with E-state index < -0.39 is 0 Å². The number of hydrogen-bond donors (Lipinski definition) is 1. The molecule has 76 valence electrons. The summed E-state index contributed by atoms with van der Waals surface area (Å²) in [7, 11) is 0. The summed E-state index contributed by atoms with van der Waals surface area (Å²) in [6.45, 7) is 3.76. The van der Waals surface area contributed by atoms with Gasteiger partial charge in [0.25, 0.3) is 0 Å². The average molecular weight is 185 g/mol. The maximum absolute atomic E-state index is 8.52. The summed E-state index contributed by atoms with van der Waals surface area (Å²) in [5.74, 6) is 0.975. The summed E-state index contributed by atoms with van der Waals surface area (Å²) >= 11 is 0. The topological polar surface area (TPSA) is 32.7 Å². The smallest absolute Gasteiger partial charge is 0.0698 e. The molecular weight excluding hydrogens is 166 g/mol. The molecule has 3 heteroatoms. The van der Waals surface area contributed by atoms with Crippen LogP contribution in [0.3, 0.4) is 0 Å². The Morgan fingerprint density at radius 1 is 1.31 bits per heavy atom. The molecule has 2 aliphatic rings. The van der Waals surface area contributed by atoms with E-state index in [0.717, 1.165) is 25.1 Å². The molecule has 13 heavy (non-hydrogen) atoms. The van der Waals surface area contributed by atoms with E-state index >= 15 is 0 Å². The van der Waals surface area contributed by atoms with Gasteiger partial charge in [-0.25, -0.2) is 0 Å². The highest BCUT2D eigenvalue weighted by Crippen LogP contribution is 2.36. The van der Waals surface area contributed by atoms with Crippen LogP contribution in [0.15, 0.2) is 0 Å². The lowest BCUT2D eigenvalue weighted by atomic mass is 10.1. The van der Waals surface area contributed by atoms with Crippen molar-refractivity contribution in [3.8, 4) is 0 Å². The minimum absolute atomic E-state index is 0.145. The second-order valence-corrected chi connectivity index (χ2v) is 4.16. The Morgan fingerprint density at radius 3 is 2.85 bits per heavy atom. The summed E-state index contributed by atoms with van der Waals surface area (Å²) in [5, 5.41) is 8.52. The number of aliphatic hydroxyl groups excluding tert-OH is 1. The molecule has 0 radical (unpaired) electrons. The van der Waals surface area contributed by atoms with Crippen LogP contribution >= 0.6 is 0 Å². The fraction of sp³-hybridized carbons (Fsp3) is 1.00. The van der Waals surface area contributed by atoms with Crippen molar-refractivity contribution in [2.45, 2.75) is 25.3 Å². The van der Waals surface area contributed by atoms with Crippen molar-refractivity contribution in [2.75, 3.05) is 32.9 Å². The second kappa shape index (κ2) is 4.40. The summed E-state index contributed by atoms with van der Waals surface area (Å²) < 4.78 is 5.26. The molecule has 2 atom stereocenters. The van der Waals surface area contributed by atoms with E-state index in [1.807, 2.05) is 0 Å². The maximum Gasteiger partial charge on any atom is 0.0698 e. The Hall–Kier alpha value is -0.120. The molecular formula is C10H19NO2. The van der Waals surface area contributed by atoms with Crippen molar-refractivity contribution >= 4 is 0 Å². The highest BCUT2D eigenvalue weighted by Gasteiger charge is 2.36. The van der Waals surface area contributed by atoms with Crippen LogP contribution < -0.4 is 0 Å². The number of aliphatic hydroxyl groups is 1. The van der Waals surface area contributed by atoms with Gasteiger partial charge in [0.15, 0.2) is 0 Å². The molecule has 0 aromatic carbocycles. The van der Waals surface area contributed by atoms with Gasteiger partial charge in [0.2, 0.25) is 0 Å². The molecule has 3 nitrogen and oxygen atoms in total. The van der Waals surface area contributed by atoms with Gasteiger partial charge in [-0.2, -0.15) is 0 Å². The Morgan fingerprint density at radius 2 is 2.23 bits per heavy atom. The van der Waals surface area contributed by atoms with Crippen LogP contribution in [0.4, 0.5) is 0 Å². The third kappa shape index (κ3) is 2.22. The second-order valence-electron chi connectivity index (χ2n) is 4.16. The first-order valence-corrected chi connectivity index (χ1v) is 5.33. The normalized spacial score (nSPS) is 33.0. The van der Waals surface area contributed by atoms with Crippen LogP contribution in [-0.4, -0.2) is 49.0 Å². The third-order valence-electron chi connectivity index (χ3n) is 3.28. The minimum Gasteiger partial charge on any atom is -0.394 e. The predicted octanol–water partition coefficient (Wildman–Crippen LogP) is 0.480. The van der Waals surface area contributed by atoms with Crippen molar-refractivity contribution < 1.29 is 9.84 Å². The fourth-order valence-corrected chi connectivity index (χ4v) is 2.65. The van der Waals surface area contributed by atoms with Gasteiger partial charge in [-0.3, -0.25) is 4.90 Å². The molecule has 1 saturated carbocycles. The summed E-state index contributed by atoms with van der Waals surface area (Å²) in [4.78, 5) is 2.55. The molecule has 0 aromatic heterocycles. The van der Waals surface area contributed by atoms with E-state index in [9.17, 15) is 0 Å². The van der Waals surface area contributed by atoms with Crippen LogP contribution in [-0.2, 0) is 4.74 Å². The van der Waals surface area contributed by atoms with E-state index in [1.165, 1.54) is 25.8 Å². The zero-order chi connectivity index (χ0) is 9.10. The number of ether oxygens (including phenoxy) is 1. The fourth-order valence-electron chi connectivity index (χ4n) is 2.65. The average Bonchev–Trinajstić information content (AvgIpc) is 2.73. The van der Waals surface area contributed by atoms with Gasteiger partial charge in [0.1, 0.15) is 0 Å². The molecule has 2 fully saturated rings. The summed E-state index contributed by atoms with van der Waals surface area (Å²) in [6, 6.07) is 0.850. The Bertz CT molecular complexity index is 163. The monoisotopic (exact) mass is 185 g/mol. The lowest BCUT2D eigenvalue weighted by molar-refractivity contribution is 0.0666. The van der Waals surface area contributed by atoms with Gasteiger partial charge in [0.05, 0.1) is 19.8 Å². The Kier molecular flexibility index (Phi) is 3.19. The van der Waals surface area contributed by atoms with E-state index in [0.29, 0.717) is 6.61 Å². The van der Waals surface area contributed by atoms with Crippen molar-refractivity contribution in [1.29, 1.82) is 0 Å². The summed E-state index contributed by atoms with van der Waals surface area (Å²) in [5.41, 5.74) is 0. The van der Waals surface area contributed by atoms with Crippen LogP contribution in [0.1, 0.15) is 19.3 Å². The minimum atomic E-state index is 0.145. The lowest BCUT2D eigenvalue weighted by Gasteiger charge is -2.26. The highest BCUT2D eigenvalue weighted by atomic mass is 16.5. The lowest BCUT2D eigenvalue weighted by Crippen LogP contribution is -2.34. The zero-order valence-electron chi connectivity index (χ0n) is 8.11. The molecule has 0 spiro atoms. The van der Waals surface area contributed by atoms with Gasteiger partial charge in [-0.15, -0.1) is 0 Å². The summed E-state index contributed by atoms with van der Waals surface area (Å²) in [6.07, 6.45) is 4.25. The Balaban J connectivity index is 1.60. The van der Waals surface area contributed by atoms with Gasteiger partial charge >= 0.3 is 0 Å². The van der Waals surface area contributed by atoms with Crippen molar-refractivity contribution in [1.82, 2.24) is 4.90 Å². The van der Waals surface area contributed by atoms with E-state index in [1.54, 1.807) is 0 Å². The van der Waals surface area contributed by atoms with Crippen molar-refractivity contribution in [3.05, 3.63) is 0 Å². The number of hydrogen-bond acceptors (Lipinski definition) is 3. The maximum atomic E-state index is 8.52. The van der Waals surface area contributed by atoms with Crippen LogP contribution in [0.5, 0.6) is 0 Å². The van der Waals surface area contributed by atoms with Gasteiger partial charge < -0.3 is 9.84 Å². The molecule has 0 aromatic rings. The van der Waals surface area contributed by atoms with Crippen molar-refractivity contribution in [2.24, 2.45) is 5.92 Å². The molecule has 1 saturated heterocycles. The quantitative estimate of drug-likeness (QED) is 0.632. The standard InChI is InChI=1S/C10H19NO2/c12-4-6-13-5-3-11-8-9-1-2-10(11)7-9/h9-10,12H,1-8H2. The number of nitrogens with zero attached hydrogens (tertiary/aromatic N) is 1. The van der Waals surface area contributed by atoms with Crippen LogP contribution in [0, 0.1) is 5.92 Å². The molecule has 2 bridgehead atoms. The first-order valence-electron chi connectivity index (χ1n) is 5.33. The molecule has 2 unspecified atom stereocenters. The molecule has 0 amide bonds. The predicted molar refractivity (Wildman–Crippen MR) is 50.6 cm³/mol. The number of rotatable bonds is 5. The zero-order valence-corrected chi connectivity index (χ0v) is 8.11. The van der Waals surface area contributed by atoms with Gasteiger partial charge in [-0.1, -0.05) is 0 Å². The number of likely N-dealkylation sites (tertiary alicyclic amines) is 1. The van der Waals surface area contributed by atoms with E-state index in [2.05, 4.69) is 4.90 Å². The SMILES string of the molecule is OCCOCCN1CC2CCC1C2. The van der Waals surface area contributed by atoms with Crippen LogP contribution in [0.25, 0.3) is 0 Å². The molecule has 1 aliphatic carbocycles. The van der Waals surface area contributed by atoms with Gasteiger partial charge in [0, 0.05) is 19.1 Å². The molecule has 1 aliphatic heterocycles. The van der Waals surface area contributed by atoms with Crippen LogP contribution in [0.2, 0.25) is 0 Å².